The molecule has 0 amide bonds. The summed E-state index contributed by atoms with van der Waals surface area (Å²) in [7, 11) is 0. The van der Waals surface area contributed by atoms with Crippen LogP contribution in [0.2, 0.25) is 0 Å². The van der Waals surface area contributed by atoms with Crippen molar-refractivity contribution in [3.8, 4) is 11.3 Å². The molecule has 0 aliphatic carbocycles. The molecule has 3 nitrogen and oxygen atoms in total. The van der Waals surface area contributed by atoms with Gasteiger partial charge in [0.1, 0.15) is 5.82 Å². The number of nitrogens with zero attached hydrogens (tertiary/aromatic N) is 1. The Bertz CT molecular complexity index is 592. The van der Waals surface area contributed by atoms with Crippen LogP contribution in [-0.4, -0.2) is 16.5 Å². The van der Waals surface area contributed by atoms with Crippen LogP contribution >= 0.6 is 0 Å². The van der Waals surface area contributed by atoms with Gasteiger partial charge in [-0.25, -0.2) is 4.98 Å². The first-order chi connectivity index (χ1) is 9.28. The van der Waals surface area contributed by atoms with E-state index in [1.807, 2.05) is 12.3 Å². The van der Waals surface area contributed by atoms with Gasteiger partial charge in [-0.1, -0.05) is 24.8 Å². The van der Waals surface area contributed by atoms with Gasteiger partial charge >= 0.3 is 0 Å². The van der Waals surface area contributed by atoms with Gasteiger partial charge < -0.3 is 10.3 Å². The van der Waals surface area contributed by atoms with Gasteiger partial charge in [-0.05, 0) is 43.5 Å². The number of H-pyrrole nitrogens is 1. The predicted octanol–water partition coefficient (Wildman–Crippen LogP) is 3.45. The zero-order chi connectivity index (χ0) is 13.2. The Labute approximate surface area is 113 Å². The minimum atomic E-state index is 0.387. The standard InChI is InChI=1S/C16H19N3/c1-3-12-9-13(7-6-11(12)2)15-10-18-16(19-15)14-5-4-8-17-14/h3,6-7,9-10,14,17H,1,4-5,8H2,2H3,(H,18,19). The van der Waals surface area contributed by atoms with Gasteiger partial charge in [-0.2, -0.15) is 0 Å². The van der Waals surface area contributed by atoms with Gasteiger partial charge in [0.15, 0.2) is 0 Å². The Kier molecular flexibility index (Phi) is 3.22. The Morgan fingerprint density at radius 2 is 2.32 bits per heavy atom. The van der Waals surface area contributed by atoms with Gasteiger partial charge in [0.2, 0.25) is 0 Å². The summed E-state index contributed by atoms with van der Waals surface area (Å²) in [4.78, 5) is 7.94. The third-order valence-corrected chi connectivity index (χ3v) is 3.80. The number of hydrogen-bond donors (Lipinski definition) is 2. The number of aromatic amines is 1. The van der Waals surface area contributed by atoms with E-state index in [2.05, 4.69) is 47.0 Å². The van der Waals surface area contributed by atoms with E-state index in [0.29, 0.717) is 6.04 Å². The van der Waals surface area contributed by atoms with Crippen molar-refractivity contribution in [1.82, 2.24) is 15.3 Å². The Morgan fingerprint density at radius 3 is 3.05 bits per heavy atom. The van der Waals surface area contributed by atoms with Crippen LogP contribution in [0.4, 0.5) is 0 Å². The van der Waals surface area contributed by atoms with Gasteiger partial charge in [0.25, 0.3) is 0 Å². The van der Waals surface area contributed by atoms with E-state index in [4.69, 9.17) is 0 Å². The number of aromatic nitrogens is 2. The van der Waals surface area contributed by atoms with Crippen molar-refractivity contribution in [1.29, 1.82) is 0 Å². The third kappa shape index (κ3) is 2.34. The predicted molar refractivity (Wildman–Crippen MR) is 78.8 cm³/mol. The van der Waals surface area contributed by atoms with Gasteiger partial charge in [0, 0.05) is 5.56 Å². The average molecular weight is 253 g/mol. The molecule has 98 valence electrons. The van der Waals surface area contributed by atoms with E-state index in [1.54, 1.807) is 0 Å². The smallest absolute Gasteiger partial charge is 0.123 e. The largest absolute Gasteiger partial charge is 0.341 e. The van der Waals surface area contributed by atoms with Crippen LogP contribution in [0, 0.1) is 6.92 Å². The van der Waals surface area contributed by atoms with Crippen LogP contribution in [-0.2, 0) is 0 Å². The molecule has 2 heterocycles. The van der Waals surface area contributed by atoms with E-state index in [0.717, 1.165) is 23.6 Å². The molecule has 19 heavy (non-hydrogen) atoms. The van der Waals surface area contributed by atoms with E-state index in [-0.39, 0.29) is 0 Å². The molecule has 1 unspecified atom stereocenters. The Morgan fingerprint density at radius 1 is 1.42 bits per heavy atom. The quantitative estimate of drug-likeness (QED) is 0.879. The fourth-order valence-electron chi connectivity index (χ4n) is 2.61. The lowest BCUT2D eigenvalue weighted by Gasteiger charge is -2.06. The summed E-state index contributed by atoms with van der Waals surface area (Å²) in [5.74, 6) is 1.05. The number of hydrogen-bond acceptors (Lipinski definition) is 2. The van der Waals surface area contributed by atoms with Crippen molar-refractivity contribution in [2.24, 2.45) is 0 Å². The van der Waals surface area contributed by atoms with Crippen LogP contribution < -0.4 is 5.32 Å². The molecule has 1 fully saturated rings. The zero-order valence-electron chi connectivity index (χ0n) is 11.2. The van der Waals surface area contributed by atoms with Crippen molar-refractivity contribution >= 4 is 6.08 Å². The lowest BCUT2D eigenvalue weighted by Crippen LogP contribution is -2.14. The van der Waals surface area contributed by atoms with Crippen molar-refractivity contribution in [2.45, 2.75) is 25.8 Å². The van der Waals surface area contributed by atoms with Crippen LogP contribution in [0.15, 0.2) is 31.0 Å². The second-order valence-corrected chi connectivity index (χ2v) is 5.11. The van der Waals surface area contributed by atoms with Crippen molar-refractivity contribution < 1.29 is 0 Å². The summed E-state index contributed by atoms with van der Waals surface area (Å²) in [6, 6.07) is 6.79. The van der Waals surface area contributed by atoms with Crippen molar-refractivity contribution in [3.63, 3.8) is 0 Å². The first-order valence-corrected chi connectivity index (χ1v) is 6.79. The van der Waals surface area contributed by atoms with Crippen LogP contribution in [0.3, 0.4) is 0 Å². The van der Waals surface area contributed by atoms with Gasteiger partial charge in [-0.15, -0.1) is 0 Å². The fraction of sp³-hybridized carbons (Fsp3) is 0.312. The molecular weight excluding hydrogens is 234 g/mol. The molecule has 0 saturated carbocycles. The Hall–Kier alpha value is -1.87. The number of rotatable bonds is 3. The molecule has 2 N–H and O–H groups in total. The van der Waals surface area contributed by atoms with Gasteiger partial charge in [0.05, 0.1) is 17.9 Å². The highest BCUT2D eigenvalue weighted by Gasteiger charge is 2.19. The molecule has 1 aromatic carbocycles. The number of benzene rings is 1. The van der Waals surface area contributed by atoms with Gasteiger partial charge in [-0.3, -0.25) is 0 Å². The normalized spacial score (nSPS) is 18.7. The highest BCUT2D eigenvalue weighted by Crippen LogP contribution is 2.25. The number of nitrogens with one attached hydrogen (secondary N) is 2. The van der Waals surface area contributed by atoms with Crippen LogP contribution in [0.25, 0.3) is 17.3 Å². The summed E-state index contributed by atoms with van der Waals surface area (Å²) in [6.07, 6.45) is 6.21. The molecule has 0 bridgehead atoms. The Balaban J connectivity index is 1.91. The second kappa shape index (κ2) is 5.02. The summed E-state index contributed by atoms with van der Waals surface area (Å²) < 4.78 is 0. The van der Waals surface area contributed by atoms with Crippen LogP contribution in [0.5, 0.6) is 0 Å². The lowest BCUT2D eigenvalue weighted by atomic mass is 10.0. The molecule has 2 aromatic rings. The van der Waals surface area contributed by atoms with E-state index >= 15 is 0 Å². The molecule has 1 aliphatic heterocycles. The molecule has 1 atom stereocenters. The van der Waals surface area contributed by atoms with E-state index in [9.17, 15) is 0 Å². The fourth-order valence-corrected chi connectivity index (χ4v) is 2.61. The van der Waals surface area contributed by atoms with Crippen molar-refractivity contribution in [3.05, 3.63) is 47.9 Å². The SMILES string of the molecule is C=Cc1cc(-c2cnc(C3CCCN3)[nH]2)ccc1C. The minimum Gasteiger partial charge on any atom is -0.341 e. The molecule has 1 saturated heterocycles. The van der Waals surface area contributed by atoms with Crippen molar-refractivity contribution in [2.75, 3.05) is 6.54 Å². The first kappa shape index (κ1) is 12.2. The third-order valence-electron chi connectivity index (χ3n) is 3.80. The summed E-state index contributed by atoms with van der Waals surface area (Å²) in [5.41, 5.74) is 4.66. The molecule has 1 aromatic heterocycles. The molecular formula is C16H19N3. The maximum absolute atomic E-state index is 4.51. The topological polar surface area (TPSA) is 40.7 Å². The highest BCUT2D eigenvalue weighted by molar-refractivity contribution is 5.65. The van der Waals surface area contributed by atoms with E-state index in [1.165, 1.54) is 24.0 Å². The molecule has 3 rings (SSSR count). The first-order valence-electron chi connectivity index (χ1n) is 6.79. The number of imidazole rings is 1. The summed E-state index contributed by atoms with van der Waals surface area (Å²) in [5, 5.41) is 3.46. The van der Waals surface area contributed by atoms with E-state index < -0.39 is 0 Å². The molecule has 0 radical (unpaired) electrons. The minimum absolute atomic E-state index is 0.387. The molecule has 1 aliphatic rings. The maximum Gasteiger partial charge on any atom is 0.123 e. The maximum atomic E-state index is 4.51. The molecule has 3 heteroatoms. The monoisotopic (exact) mass is 253 g/mol. The molecule has 0 spiro atoms. The second-order valence-electron chi connectivity index (χ2n) is 5.11. The summed E-state index contributed by atoms with van der Waals surface area (Å²) in [6.45, 7) is 7.05. The number of aryl methyl sites for hydroxylation is 1. The summed E-state index contributed by atoms with van der Waals surface area (Å²) >= 11 is 0. The van der Waals surface area contributed by atoms with Crippen LogP contribution in [0.1, 0.15) is 35.8 Å². The highest BCUT2D eigenvalue weighted by atomic mass is 15.0. The lowest BCUT2D eigenvalue weighted by molar-refractivity contribution is 0.613. The average Bonchev–Trinajstić information content (AvgIpc) is 3.10. The zero-order valence-corrected chi connectivity index (χ0v) is 11.2.